The van der Waals surface area contributed by atoms with Gasteiger partial charge in [0.2, 0.25) is 5.82 Å². The van der Waals surface area contributed by atoms with E-state index in [-0.39, 0.29) is 5.82 Å². The van der Waals surface area contributed by atoms with Crippen molar-refractivity contribution in [2.75, 3.05) is 7.11 Å². The van der Waals surface area contributed by atoms with Crippen molar-refractivity contribution in [1.29, 1.82) is 0 Å². The van der Waals surface area contributed by atoms with Crippen molar-refractivity contribution < 1.29 is 9.53 Å². The van der Waals surface area contributed by atoms with Crippen molar-refractivity contribution in [3.05, 3.63) is 34.0 Å². The van der Waals surface area contributed by atoms with Crippen LogP contribution in [0.3, 0.4) is 0 Å². The molecule has 0 amide bonds. The quantitative estimate of drug-likeness (QED) is 0.800. The molecule has 4 nitrogen and oxygen atoms in total. The summed E-state index contributed by atoms with van der Waals surface area (Å²) in [7, 11) is 1.31. The van der Waals surface area contributed by atoms with E-state index in [1.807, 2.05) is 12.1 Å². The second-order valence-electron chi connectivity index (χ2n) is 2.86. The van der Waals surface area contributed by atoms with Crippen LogP contribution in [0.15, 0.2) is 28.2 Å². The zero-order valence-corrected chi connectivity index (χ0v) is 10.7. The predicted molar refractivity (Wildman–Crippen MR) is 64.4 cm³/mol. The first-order valence-electron chi connectivity index (χ1n) is 4.38. The van der Waals surface area contributed by atoms with E-state index in [0.29, 0.717) is 5.69 Å². The molecular formula is C10H7BrN2O2S. The highest BCUT2D eigenvalue weighted by atomic mass is 79.9. The molecule has 2 aromatic rings. The minimum atomic E-state index is -0.530. The molecule has 0 saturated heterocycles. The number of ether oxygens (including phenoxy) is 1. The van der Waals surface area contributed by atoms with E-state index in [2.05, 4.69) is 30.6 Å². The molecule has 82 valence electrons. The number of carbonyl (C=O) groups is 1. The first kappa shape index (κ1) is 11.2. The number of rotatable bonds is 2. The summed E-state index contributed by atoms with van der Waals surface area (Å²) in [5.41, 5.74) is 0.714. The highest BCUT2D eigenvalue weighted by Crippen LogP contribution is 2.29. The van der Waals surface area contributed by atoms with Crippen LogP contribution in [0.25, 0.3) is 10.6 Å². The summed E-state index contributed by atoms with van der Waals surface area (Å²) in [5.74, 6) is -0.456. The molecular weight excluding hydrogens is 292 g/mol. The third-order valence-corrected chi connectivity index (χ3v) is 3.50. The number of esters is 1. The molecule has 0 unspecified atom stereocenters. The Morgan fingerprint density at radius 3 is 2.88 bits per heavy atom. The van der Waals surface area contributed by atoms with Crippen LogP contribution in [0.4, 0.5) is 0 Å². The van der Waals surface area contributed by atoms with Crippen molar-refractivity contribution in [3.63, 3.8) is 0 Å². The van der Waals surface area contributed by atoms with Crippen LogP contribution < -0.4 is 0 Å². The average Bonchev–Trinajstić information content (AvgIpc) is 2.75. The smallest absolute Gasteiger partial charge is 0.376 e. The maximum atomic E-state index is 11.2. The van der Waals surface area contributed by atoms with E-state index in [9.17, 15) is 4.79 Å². The van der Waals surface area contributed by atoms with Crippen LogP contribution in [-0.4, -0.2) is 23.0 Å². The van der Waals surface area contributed by atoms with Crippen LogP contribution >= 0.6 is 27.3 Å². The zero-order chi connectivity index (χ0) is 11.5. The SMILES string of the molecule is COC(=O)c1nccc(-c2ccc(Br)s2)n1. The Labute approximate surface area is 104 Å². The van der Waals surface area contributed by atoms with Gasteiger partial charge in [0.05, 0.1) is 21.5 Å². The van der Waals surface area contributed by atoms with Crippen molar-refractivity contribution in [2.24, 2.45) is 0 Å². The average molecular weight is 299 g/mol. The lowest BCUT2D eigenvalue weighted by atomic mass is 10.3. The fraction of sp³-hybridized carbons (Fsp3) is 0.100. The van der Waals surface area contributed by atoms with E-state index in [1.165, 1.54) is 7.11 Å². The number of hydrogen-bond donors (Lipinski definition) is 0. The molecule has 0 N–H and O–H groups in total. The third kappa shape index (κ3) is 2.28. The summed E-state index contributed by atoms with van der Waals surface area (Å²) in [6.45, 7) is 0. The maximum Gasteiger partial charge on any atom is 0.376 e. The first-order chi connectivity index (χ1) is 7.70. The van der Waals surface area contributed by atoms with Crippen LogP contribution in [0, 0.1) is 0 Å². The number of methoxy groups -OCH3 is 1. The molecule has 2 rings (SSSR count). The second-order valence-corrected chi connectivity index (χ2v) is 5.32. The van der Waals surface area contributed by atoms with Gasteiger partial charge in [0.15, 0.2) is 0 Å². The Morgan fingerprint density at radius 1 is 1.44 bits per heavy atom. The summed E-state index contributed by atoms with van der Waals surface area (Å²) in [6.07, 6.45) is 1.54. The molecule has 2 heterocycles. The molecule has 0 bridgehead atoms. The number of aromatic nitrogens is 2. The molecule has 6 heteroatoms. The van der Waals surface area contributed by atoms with E-state index in [4.69, 9.17) is 0 Å². The van der Waals surface area contributed by atoms with Crippen LogP contribution in [0.2, 0.25) is 0 Å². The largest absolute Gasteiger partial charge is 0.463 e. The summed E-state index contributed by atoms with van der Waals surface area (Å²) in [4.78, 5) is 20.2. The lowest BCUT2D eigenvalue weighted by molar-refractivity contribution is 0.0587. The monoisotopic (exact) mass is 298 g/mol. The summed E-state index contributed by atoms with van der Waals surface area (Å²) >= 11 is 4.92. The molecule has 0 aliphatic heterocycles. The maximum absolute atomic E-state index is 11.2. The van der Waals surface area contributed by atoms with E-state index >= 15 is 0 Å². The Balaban J connectivity index is 2.39. The summed E-state index contributed by atoms with van der Waals surface area (Å²) in [5, 5.41) is 0. The van der Waals surface area contributed by atoms with Crippen molar-refractivity contribution in [1.82, 2.24) is 9.97 Å². The van der Waals surface area contributed by atoms with Gasteiger partial charge in [-0.15, -0.1) is 11.3 Å². The number of halogens is 1. The molecule has 0 atom stereocenters. The van der Waals surface area contributed by atoms with Crippen LogP contribution in [0.5, 0.6) is 0 Å². The number of hydrogen-bond acceptors (Lipinski definition) is 5. The van der Waals surface area contributed by atoms with Gasteiger partial charge in [-0.2, -0.15) is 0 Å². The molecule has 0 aliphatic carbocycles. The minimum Gasteiger partial charge on any atom is -0.463 e. The predicted octanol–water partition coefficient (Wildman–Crippen LogP) is 2.75. The number of thiophene rings is 1. The molecule has 0 radical (unpaired) electrons. The first-order valence-corrected chi connectivity index (χ1v) is 5.98. The molecule has 16 heavy (non-hydrogen) atoms. The summed E-state index contributed by atoms with van der Waals surface area (Å²) in [6, 6.07) is 5.61. The van der Waals surface area contributed by atoms with Crippen molar-refractivity contribution >= 4 is 33.2 Å². The van der Waals surface area contributed by atoms with Gasteiger partial charge in [-0.05, 0) is 34.1 Å². The van der Waals surface area contributed by atoms with E-state index < -0.39 is 5.97 Å². The van der Waals surface area contributed by atoms with E-state index in [1.54, 1.807) is 23.6 Å². The van der Waals surface area contributed by atoms with Gasteiger partial charge in [-0.25, -0.2) is 14.8 Å². The fourth-order valence-corrected chi connectivity index (χ4v) is 2.49. The van der Waals surface area contributed by atoms with Gasteiger partial charge in [0.1, 0.15) is 0 Å². The lowest BCUT2D eigenvalue weighted by Gasteiger charge is -1.99. The van der Waals surface area contributed by atoms with Crippen LogP contribution in [-0.2, 0) is 4.74 Å². The molecule has 0 spiro atoms. The lowest BCUT2D eigenvalue weighted by Crippen LogP contribution is -2.07. The minimum absolute atomic E-state index is 0.0736. The molecule has 0 fully saturated rings. The standard InChI is InChI=1S/C10H7BrN2O2S/c1-15-10(14)9-12-5-4-6(13-9)7-2-3-8(11)16-7/h2-5H,1H3. The topological polar surface area (TPSA) is 52.1 Å². The van der Waals surface area contributed by atoms with Gasteiger partial charge < -0.3 is 4.74 Å². The van der Waals surface area contributed by atoms with Gasteiger partial charge in [0, 0.05) is 6.20 Å². The second kappa shape index (κ2) is 4.71. The van der Waals surface area contributed by atoms with Crippen molar-refractivity contribution in [3.8, 4) is 10.6 Å². The van der Waals surface area contributed by atoms with Gasteiger partial charge in [0.25, 0.3) is 0 Å². The van der Waals surface area contributed by atoms with E-state index in [0.717, 1.165) is 8.66 Å². The molecule has 2 aromatic heterocycles. The van der Waals surface area contributed by atoms with Gasteiger partial charge in [-0.3, -0.25) is 0 Å². The summed E-state index contributed by atoms with van der Waals surface area (Å²) < 4.78 is 5.58. The number of carbonyl (C=O) groups excluding carboxylic acids is 1. The van der Waals surface area contributed by atoms with Crippen LogP contribution in [0.1, 0.15) is 10.6 Å². The fourth-order valence-electron chi connectivity index (χ4n) is 1.14. The molecule has 0 aromatic carbocycles. The normalized spacial score (nSPS) is 10.1. The Bertz CT molecular complexity index is 527. The molecule has 0 saturated carbocycles. The Hall–Kier alpha value is -1.27. The number of nitrogens with zero attached hydrogens (tertiary/aromatic N) is 2. The zero-order valence-electron chi connectivity index (χ0n) is 8.31. The highest BCUT2D eigenvalue weighted by molar-refractivity contribution is 9.11. The third-order valence-electron chi connectivity index (χ3n) is 1.85. The van der Waals surface area contributed by atoms with Gasteiger partial charge in [-0.1, -0.05) is 0 Å². The van der Waals surface area contributed by atoms with Gasteiger partial charge >= 0.3 is 5.97 Å². The molecule has 0 aliphatic rings. The van der Waals surface area contributed by atoms with Crippen molar-refractivity contribution in [2.45, 2.75) is 0 Å². The Kier molecular flexibility index (Phi) is 3.31. The Morgan fingerprint density at radius 2 is 2.25 bits per heavy atom. The highest BCUT2D eigenvalue weighted by Gasteiger charge is 2.11.